The molecule has 0 aliphatic rings. The van der Waals surface area contributed by atoms with Crippen LogP contribution in [0.3, 0.4) is 0 Å². The van der Waals surface area contributed by atoms with E-state index in [2.05, 4.69) is 47.8 Å². The highest BCUT2D eigenvalue weighted by molar-refractivity contribution is 9.13. The molecule has 2 aromatic rings. The van der Waals surface area contributed by atoms with Crippen molar-refractivity contribution < 1.29 is 19.4 Å². The first-order valence-corrected chi connectivity index (χ1v) is 7.96. The first-order valence-electron chi connectivity index (χ1n) is 5.58. The summed E-state index contributed by atoms with van der Waals surface area (Å²) in [4.78, 5) is 22.9. The van der Waals surface area contributed by atoms with Crippen LogP contribution < -0.4 is 4.74 Å². The minimum Gasteiger partial charge on any atom is -0.478 e. The molecule has 108 valence electrons. The first kappa shape index (κ1) is 16.2. The Morgan fingerprint density at radius 2 is 1.62 bits per heavy atom. The molecule has 0 aliphatic heterocycles. The molecule has 7 heteroatoms. The fraction of sp³-hybridized carbons (Fsp3) is 0. The number of ether oxygens (including phenoxy) is 1. The number of carboxylic acids is 1. The van der Waals surface area contributed by atoms with E-state index in [-0.39, 0.29) is 11.3 Å². The van der Waals surface area contributed by atoms with Crippen LogP contribution in [0.5, 0.6) is 5.75 Å². The lowest BCUT2D eigenvalue weighted by Gasteiger charge is -2.08. The lowest BCUT2D eigenvalue weighted by Crippen LogP contribution is -2.10. The molecule has 0 saturated heterocycles. The molecule has 0 spiro atoms. The third-order valence-corrected chi connectivity index (χ3v) is 4.99. The number of rotatable bonds is 3. The van der Waals surface area contributed by atoms with Gasteiger partial charge in [0, 0.05) is 13.4 Å². The van der Waals surface area contributed by atoms with Gasteiger partial charge in [-0.3, -0.25) is 0 Å². The van der Waals surface area contributed by atoms with Crippen molar-refractivity contribution in [3.05, 3.63) is 60.9 Å². The number of carboxylic acid groups (broad SMARTS) is 1. The van der Waals surface area contributed by atoms with E-state index in [1.54, 1.807) is 12.1 Å². The second-order valence-electron chi connectivity index (χ2n) is 3.97. The van der Waals surface area contributed by atoms with E-state index in [1.165, 1.54) is 24.3 Å². The van der Waals surface area contributed by atoms with Crippen molar-refractivity contribution in [2.24, 2.45) is 0 Å². The zero-order valence-corrected chi connectivity index (χ0v) is 15.0. The van der Waals surface area contributed by atoms with Gasteiger partial charge in [-0.05, 0) is 68.3 Å². The summed E-state index contributed by atoms with van der Waals surface area (Å²) in [5.41, 5.74) is 0.472. The summed E-state index contributed by atoms with van der Waals surface area (Å²) in [5.74, 6) is -1.31. The first-order chi connectivity index (χ1) is 9.88. The Kier molecular flexibility index (Phi) is 5.18. The molecule has 4 nitrogen and oxygen atoms in total. The Morgan fingerprint density at radius 1 is 1.00 bits per heavy atom. The molecule has 0 amide bonds. The summed E-state index contributed by atoms with van der Waals surface area (Å²) in [6, 6.07) is 9.03. The minimum atomic E-state index is -1.04. The molecule has 2 rings (SSSR count). The molecule has 0 saturated carbocycles. The quantitative estimate of drug-likeness (QED) is 0.387. The van der Waals surface area contributed by atoms with Crippen LogP contribution in [-0.4, -0.2) is 17.0 Å². The molecule has 0 radical (unpaired) electrons. The molecular formula is C14H7Br3O4. The van der Waals surface area contributed by atoms with Gasteiger partial charge in [0.2, 0.25) is 0 Å². The average molecular weight is 479 g/mol. The van der Waals surface area contributed by atoms with Crippen LogP contribution in [0.4, 0.5) is 0 Å². The van der Waals surface area contributed by atoms with E-state index < -0.39 is 11.9 Å². The Morgan fingerprint density at radius 3 is 2.19 bits per heavy atom. The highest BCUT2D eigenvalue weighted by atomic mass is 79.9. The van der Waals surface area contributed by atoms with Crippen molar-refractivity contribution in [2.45, 2.75) is 0 Å². The summed E-state index contributed by atoms with van der Waals surface area (Å²) in [5, 5.41) is 8.81. The molecule has 0 aromatic heterocycles. The molecule has 21 heavy (non-hydrogen) atoms. The number of carbonyl (C=O) groups is 2. The number of hydrogen-bond donors (Lipinski definition) is 1. The minimum absolute atomic E-state index is 0.126. The Balaban J connectivity index is 2.24. The maximum Gasteiger partial charge on any atom is 0.344 e. The second-order valence-corrected chi connectivity index (χ2v) is 6.53. The number of esters is 1. The third-order valence-electron chi connectivity index (χ3n) is 2.52. The van der Waals surface area contributed by atoms with E-state index >= 15 is 0 Å². The van der Waals surface area contributed by atoms with Gasteiger partial charge in [-0.2, -0.15) is 0 Å². The fourth-order valence-corrected chi connectivity index (χ4v) is 3.15. The standard InChI is InChI=1S/C14H7Br3O4/c15-8-5-10(12(17)11(16)6-8)14(20)21-9-3-1-7(2-4-9)13(18)19/h1-6H,(H,18,19). The second kappa shape index (κ2) is 6.72. The summed E-state index contributed by atoms with van der Waals surface area (Å²) in [6.45, 7) is 0. The van der Waals surface area contributed by atoms with Crippen LogP contribution in [0.2, 0.25) is 0 Å². The van der Waals surface area contributed by atoms with Crippen molar-refractivity contribution in [3.63, 3.8) is 0 Å². The van der Waals surface area contributed by atoms with E-state index in [1.807, 2.05) is 0 Å². The molecular weight excluding hydrogens is 472 g/mol. The maximum atomic E-state index is 12.1. The average Bonchev–Trinajstić information content (AvgIpc) is 2.43. The molecule has 0 fully saturated rings. The molecule has 0 bridgehead atoms. The highest BCUT2D eigenvalue weighted by Gasteiger charge is 2.16. The lowest BCUT2D eigenvalue weighted by atomic mass is 10.2. The van der Waals surface area contributed by atoms with E-state index in [0.29, 0.717) is 14.5 Å². The van der Waals surface area contributed by atoms with Crippen molar-refractivity contribution in [1.82, 2.24) is 0 Å². The summed E-state index contributed by atoms with van der Waals surface area (Å²) < 4.78 is 7.24. The zero-order chi connectivity index (χ0) is 15.6. The van der Waals surface area contributed by atoms with Crippen molar-refractivity contribution in [1.29, 1.82) is 0 Å². The molecule has 0 atom stereocenters. The van der Waals surface area contributed by atoms with Gasteiger partial charge in [-0.25, -0.2) is 9.59 Å². The Bertz CT molecular complexity index is 711. The van der Waals surface area contributed by atoms with Gasteiger partial charge in [0.25, 0.3) is 0 Å². The van der Waals surface area contributed by atoms with Gasteiger partial charge in [0.15, 0.2) is 0 Å². The summed E-state index contributed by atoms with van der Waals surface area (Å²) in [7, 11) is 0. The molecule has 2 aromatic carbocycles. The SMILES string of the molecule is O=C(O)c1ccc(OC(=O)c2cc(Br)cc(Br)c2Br)cc1. The Hall–Kier alpha value is -1.18. The maximum absolute atomic E-state index is 12.1. The van der Waals surface area contributed by atoms with Crippen molar-refractivity contribution in [3.8, 4) is 5.75 Å². The van der Waals surface area contributed by atoms with Gasteiger partial charge in [0.1, 0.15) is 5.75 Å². The predicted octanol–water partition coefficient (Wildman–Crippen LogP) is 4.89. The molecule has 0 aliphatic carbocycles. The van der Waals surface area contributed by atoms with Gasteiger partial charge in [-0.1, -0.05) is 15.9 Å². The number of carbonyl (C=O) groups excluding carboxylic acids is 1. The van der Waals surface area contributed by atoms with Crippen LogP contribution in [0.25, 0.3) is 0 Å². The summed E-state index contributed by atoms with van der Waals surface area (Å²) in [6.07, 6.45) is 0. The van der Waals surface area contributed by atoms with Gasteiger partial charge in [0.05, 0.1) is 11.1 Å². The van der Waals surface area contributed by atoms with Crippen LogP contribution in [-0.2, 0) is 0 Å². The Labute approximate surface area is 145 Å². The van der Waals surface area contributed by atoms with Gasteiger partial charge >= 0.3 is 11.9 Å². The van der Waals surface area contributed by atoms with E-state index in [9.17, 15) is 9.59 Å². The van der Waals surface area contributed by atoms with Crippen LogP contribution >= 0.6 is 47.8 Å². The number of hydrogen-bond acceptors (Lipinski definition) is 3. The lowest BCUT2D eigenvalue weighted by molar-refractivity contribution is 0.0696. The smallest absolute Gasteiger partial charge is 0.344 e. The van der Waals surface area contributed by atoms with E-state index in [4.69, 9.17) is 9.84 Å². The number of aromatic carboxylic acids is 1. The van der Waals surface area contributed by atoms with E-state index in [0.717, 1.165) is 4.47 Å². The van der Waals surface area contributed by atoms with Gasteiger partial charge in [-0.15, -0.1) is 0 Å². The topological polar surface area (TPSA) is 63.6 Å². The van der Waals surface area contributed by atoms with Gasteiger partial charge < -0.3 is 9.84 Å². The van der Waals surface area contributed by atoms with Crippen LogP contribution in [0.15, 0.2) is 49.8 Å². The third kappa shape index (κ3) is 3.93. The van der Waals surface area contributed by atoms with Crippen LogP contribution in [0, 0.1) is 0 Å². The summed E-state index contributed by atoms with van der Waals surface area (Å²) >= 11 is 9.94. The molecule has 0 unspecified atom stereocenters. The molecule has 0 heterocycles. The highest BCUT2D eigenvalue weighted by Crippen LogP contribution is 2.31. The normalized spacial score (nSPS) is 10.2. The van der Waals surface area contributed by atoms with Crippen LogP contribution in [0.1, 0.15) is 20.7 Å². The van der Waals surface area contributed by atoms with Crippen molar-refractivity contribution >= 4 is 59.7 Å². The largest absolute Gasteiger partial charge is 0.478 e. The zero-order valence-electron chi connectivity index (χ0n) is 10.3. The number of benzene rings is 2. The monoisotopic (exact) mass is 476 g/mol. The van der Waals surface area contributed by atoms with Crippen molar-refractivity contribution in [2.75, 3.05) is 0 Å². The number of halogens is 3. The predicted molar refractivity (Wildman–Crippen MR) is 87.9 cm³/mol. The fourth-order valence-electron chi connectivity index (χ4n) is 1.53. The molecule has 1 N–H and O–H groups in total.